The van der Waals surface area contributed by atoms with Gasteiger partial charge in [0.2, 0.25) is 0 Å². The molecule has 2 aromatic carbocycles. The van der Waals surface area contributed by atoms with Crippen LogP contribution in [0, 0.1) is 18.6 Å². The zero-order valence-electron chi connectivity index (χ0n) is 9.77. The van der Waals surface area contributed by atoms with Gasteiger partial charge in [-0.05, 0) is 35.7 Å². The van der Waals surface area contributed by atoms with E-state index in [2.05, 4.69) is 0 Å². The Morgan fingerprint density at radius 1 is 0.895 bits per heavy atom. The molecule has 0 heterocycles. The highest BCUT2D eigenvalue weighted by atomic mass is 19.3. The molecule has 0 bridgehead atoms. The fourth-order valence-corrected chi connectivity index (χ4v) is 2.43. The normalized spacial score (nSPS) is 15.2. The van der Waals surface area contributed by atoms with Crippen molar-refractivity contribution in [1.29, 1.82) is 0 Å². The van der Waals surface area contributed by atoms with Crippen LogP contribution in [0.4, 0.5) is 17.6 Å². The van der Waals surface area contributed by atoms with E-state index in [1.165, 1.54) is 25.1 Å². The monoisotopic (exact) mass is 268 g/mol. The molecule has 0 aliphatic heterocycles. The van der Waals surface area contributed by atoms with E-state index in [-0.39, 0.29) is 16.7 Å². The lowest BCUT2D eigenvalue weighted by molar-refractivity contribution is 0.0398. The van der Waals surface area contributed by atoms with Crippen LogP contribution in [-0.2, 0) is 5.92 Å². The molecule has 1 aliphatic carbocycles. The van der Waals surface area contributed by atoms with Gasteiger partial charge in [-0.2, -0.15) is 8.78 Å². The molecule has 0 radical (unpaired) electrons. The van der Waals surface area contributed by atoms with Crippen LogP contribution < -0.4 is 0 Å². The van der Waals surface area contributed by atoms with Crippen LogP contribution in [0.15, 0.2) is 24.3 Å². The van der Waals surface area contributed by atoms with E-state index in [9.17, 15) is 22.7 Å². The van der Waals surface area contributed by atoms with Crippen LogP contribution >= 0.6 is 0 Å². The van der Waals surface area contributed by atoms with Crippen molar-refractivity contribution in [1.82, 2.24) is 0 Å². The van der Waals surface area contributed by atoms with Crippen LogP contribution in [0.25, 0.3) is 11.1 Å². The van der Waals surface area contributed by atoms with E-state index in [0.717, 1.165) is 6.07 Å². The van der Waals surface area contributed by atoms with Crippen molar-refractivity contribution in [2.75, 3.05) is 0 Å². The number of phenolic OH excluding ortho intramolecular Hbond substituents is 1. The Balaban J connectivity index is 2.46. The van der Waals surface area contributed by atoms with Crippen LogP contribution in [0.2, 0.25) is 0 Å². The van der Waals surface area contributed by atoms with Crippen LogP contribution in [0.1, 0.15) is 16.7 Å². The largest absolute Gasteiger partial charge is 0.505 e. The van der Waals surface area contributed by atoms with Gasteiger partial charge < -0.3 is 5.11 Å². The number of phenols is 1. The molecule has 0 spiro atoms. The van der Waals surface area contributed by atoms with Crippen molar-refractivity contribution in [2.45, 2.75) is 12.8 Å². The molecule has 3 rings (SSSR count). The maximum absolute atomic E-state index is 14.2. The molecule has 0 amide bonds. The molecule has 0 fully saturated rings. The summed E-state index contributed by atoms with van der Waals surface area (Å²) in [6, 6.07) is 4.85. The smallest absolute Gasteiger partial charge is 0.305 e. The van der Waals surface area contributed by atoms with E-state index in [1.54, 1.807) is 0 Å². The number of hydrogen-bond donors (Lipinski definition) is 1. The summed E-state index contributed by atoms with van der Waals surface area (Å²) >= 11 is 0. The second-order valence-corrected chi connectivity index (χ2v) is 4.51. The molecule has 98 valence electrons. The minimum atomic E-state index is -3.79. The predicted molar refractivity (Wildman–Crippen MR) is 61.2 cm³/mol. The minimum absolute atomic E-state index is 0.0398. The van der Waals surface area contributed by atoms with E-state index in [4.69, 9.17) is 0 Å². The van der Waals surface area contributed by atoms with Crippen molar-refractivity contribution in [2.24, 2.45) is 0 Å². The van der Waals surface area contributed by atoms with Crippen molar-refractivity contribution in [3.63, 3.8) is 0 Å². The summed E-state index contributed by atoms with van der Waals surface area (Å²) in [6.45, 7) is 1.36. The van der Waals surface area contributed by atoms with Gasteiger partial charge in [-0.1, -0.05) is 12.1 Å². The van der Waals surface area contributed by atoms with Gasteiger partial charge >= 0.3 is 5.92 Å². The first-order valence-electron chi connectivity index (χ1n) is 5.55. The molecule has 5 heteroatoms. The van der Waals surface area contributed by atoms with E-state index < -0.39 is 34.4 Å². The number of alkyl halides is 2. The highest BCUT2D eigenvalue weighted by Gasteiger charge is 2.49. The third kappa shape index (κ3) is 1.35. The van der Waals surface area contributed by atoms with E-state index in [1.807, 2.05) is 0 Å². The van der Waals surface area contributed by atoms with Gasteiger partial charge in [0, 0.05) is 0 Å². The highest BCUT2D eigenvalue weighted by molar-refractivity contribution is 5.80. The third-order valence-electron chi connectivity index (χ3n) is 3.37. The molecule has 2 aromatic rings. The zero-order chi connectivity index (χ0) is 13.9. The summed E-state index contributed by atoms with van der Waals surface area (Å²) in [5.74, 6) is -7.11. The van der Waals surface area contributed by atoms with E-state index >= 15 is 0 Å². The molecular weight excluding hydrogens is 260 g/mol. The average Bonchev–Trinajstić information content (AvgIpc) is 2.58. The quantitative estimate of drug-likeness (QED) is 0.713. The molecule has 1 nitrogen and oxygen atoms in total. The maximum atomic E-state index is 14.2. The van der Waals surface area contributed by atoms with Crippen molar-refractivity contribution < 1.29 is 22.7 Å². The zero-order valence-corrected chi connectivity index (χ0v) is 9.77. The Bertz CT molecular complexity index is 648. The van der Waals surface area contributed by atoms with Gasteiger partial charge in [0.15, 0.2) is 11.6 Å². The second kappa shape index (κ2) is 3.50. The molecular formula is C14H8F4O. The van der Waals surface area contributed by atoms with Crippen molar-refractivity contribution >= 4 is 0 Å². The standard InChI is InChI=1S/C14H8F4O/c1-6-2-3-7-8-4-5-9(19)13(16)11(8)14(17,18)10(7)12(6)15/h2-5,19H,1H3. The summed E-state index contributed by atoms with van der Waals surface area (Å²) in [4.78, 5) is 0. The van der Waals surface area contributed by atoms with Crippen molar-refractivity contribution in [3.05, 3.63) is 52.6 Å². The van der Waals surface area contributed by atoms with Gasteiger partial charge in [0.05, 0.1) is 11.1 Å². The molecule has 0 atom stereocenters. The lowest BCUT2D eigenvalue weighted by Gasteiger charge is -2.14. The summed E-state index contributed by atoms with van der Waals surface area (Å²) in [6.07, 6.45) is 0. The first-order valence-corrected chi connectivity index (χ1v) is 5.55. The molecule has 19 heavy (non-hydrogen) atoms. The van der Waals surface area contributed by atoms with Crippen LogP contribution in [0.3, 0.4) is 0 Å². The number of aryl methyl sites for hydroxylation is 1. The Morgan fingerprint density at radius 3 is 2.05 bits per heavy atom. The highest BCUT2D eigenvalue weighted by Crippen LogP contribution is 2.54. The number of fused-ring (bicyclic) bond motifs is 3. The summed E-state index contributed by atoms with van der Waals surface area (Å²) in [7, 11) is 0. The first-order chi connectivity index (χ1) is 8.85. The third-order valence-corrected chi connectivity index (χ3v) is 3.37. The number of hydrogen-bond acceptors (Lipinski definition) is 1. The Hall–Kier alpha value is -2.04. The Kier molecular flexibility index (Phi) is 2.21. The summed E-state index contributed by atoms with van der Waals surface area (Å²) in [5.41, 5.74) is -1.86. The summed E-state index contributed by atoms with van der Waals surface area (Å²) < 4.78 is 56.1. The maximum Gasteiger partial charge on any atom is 0.305 e. The fourth-order valence-electron chi connectivity index (χ4n) is 2.43. The molecule has 0 aromatic heterocycles. The lowest BCUT2D eigenvalue weighted by Crippen LogP contribution is -2.15. The SMILES string of the molecule is Cc1ccc2c(c1F)C(F)(F)c1c-2ccc(O)c1F. The predicted octanol–water partition coefficient (Wildman–Crippen LogP) is 4.10. The Morgan fingerprint density at radius 2 is 1.42 bits per heavy atom. The summed E-state index contributed by atoms with van der Waals surface area (Å²) in [5, 5.41) is 9.22. The van der Waals surface area contributed by atoms with Crippen LogP contribution in [-0.4, -0.2) is 5.11 Å². The first kappa shape index (κ1) is 12.0. The second-order valence-electron chi connectivity index (χ2n) is 4.51. The number of halogens is 4. The molecule has 1 N–H and O–H groups in total. The lowest BCUT2D eigenvalue weighted by atomic mass is 10.0. The van der Waals surface area contributed by atoms with Crippen LogP contribution in [0.5, 0.6) is 5.75 Å². The minimum Gasteiger partial charge on any atom is -0.505 e. The average molecular weight is 268 g/mol. The van der Waals surface area contributed by atoms with Gasteiger partial charge in [-0.25, -0.2) is 8.78 Å². The van der Waals surface area contributed by atoms with E-state index in [0.29, 0.717) is 0 Å². The Labute approximate surface area is 106 Å². The topological polar surface area (TPSA) is 20.2 Å². The number of benzene rings is 2. The van der Waals surface area contributed by atoms with Crippen molar-refractivity contribution in [3.8, 4) is 16.9 Å². The molecule has 0 unspecified atom stereocenters. The van der Waals surface area contributed by atoms with Gasteiger partial charge in [0.1, 0.15) is 5.82 Å². The van der Waals surface area contributed by atoms with Gasteiger partial charge in [-0.15, -0.1) is 0 Å². The number of aromatic hydroxyl groups is 1. The molecule has 0 saturated carbocycles. The molecule has 0 saturated heterocycles. The van der Waals surface area contributed by atoms with Gasteiger partial charge in [-0.3, -0.25) is 0 Å². The molecule has 1 aliphatic rings. The number of rotatable bonds is 0. The fraction of sp³-hybridized carbons (Fsp3) is 0.143. The van der Waals surface area contributed by atoms with Gasteiger partial charge in [0.25, 0.3) is 0 Å².